The van der Waals surface area contributed by atoms with Gasteiger partial charge < -0.3 is 0 Å². The molecule has 0 aromatic rings. The summed E-state index contributed by atoms with van der Waals surface area (Å²) >= 11 is 6.01. The fourth-order valence-corrected chi connectivity index (χ4v) is 1.98. The van der Waals surface area contributed by atoms with Crippen molar-refractivity contribution in [2.45, 2.75) is 17.6 Å². The van der Waals surface area contributed by atoms with Gasteiger partial charge in [0.25, 0.3) is 0 Å². The standard InChI is InChI=1S/C5H15ClN2Si/c1-7-5(6,8-2)3-4-9/h7-8H,3-4H2,1-2,9H3. The molecule has 0 heterocycles. The van der Waals surface area contributed by atoms with Crippen LogP contribution in [0.25, 0.3) is 0 Å². The van der Waals surface area contributed by atoms with Crippen LogP contribution in [0.2, 0.25) is 6.04 Å². The lowest BCUT2D eigenvalue weighted by molar-refractivity contribution is 0.419. The molecule has 0 aromatic carbocycles. The van der Waals surface area contributed by atoms with Gasteiger partial charge in [0.05, 0.1) is 0 Å². The molecule has 0 aliphatic rings. The van der Waals surface area contributed by atoms with E-state index < -0.39 is 0 Å². The Kier molecular flexibility index (Phi) is 4.48. The highest BCUT2D eigenvalue weighted by Gasteiger charge is 2.19. The summed E-state index contributed by atoms with van der Waals surface area (Å²) in [6, 6.07) is 1.21. The van der Waals surface area contributed by atoms with E-state index in [0.29, 0.717) is 0 Å². The molecule has 0 radical (unpaired) electrons. The van der Waals surface area contributed by atoms with Gasteiger partial charge in [-0.25, -0.2) is 0 Å². The molecule has 0 saturated heterocycles. The van der Waals surface area contributed by atoms with E-state index >= 15 is 0 Å². The minimum Gasteiger partial charge on any atom is -0.290 e. The van der Waals surface area contributed by atoms with Gasteiger partial charge in [-0.2, -0.15) is 0 Å². The third-order valence-electron chi connectivity index (χ3n) is 1.39. The van der Waals surface area contributed by atoms with Gasteiger partial charge in [-0.05, 0) is 20.5 Å². The third-order valence-corrected chi connectivity index (χ3v) is 2.45. The number of rotatable bonds is 4. The molecule has 0 aliphatic carbocycles. The topological polar surface area (TPSA) is 24.1 Å². The number of hydrogen-bond donors (Lipinski definition) is 2. The number of nitrogens with one attached hydrogen (secondary N) is 2. The molecule has 4 heteroatoms. The zero-order valence-electron chi connectivity index (χ0n) is 6.29. The van der Waals surface area contributed by atoms with Crippen molar-refractivity contribution in [3.8, 4) is 0 Å². The Morgan fingerprint density at radius 2 is 1.89 bits per heavy atom. The fourth-order valence-electron chi connectivity index (χ4n) is 0.719. The first-order chi connectivity index (χ1) is 4.18. The average molecular weight is 167 g/mol. The second kappa shape index (κ2) is 4.28. The summed E-state index contributed by atoms with van der Waals surface area (Å²) in [4.78, 5) is 0. The lowest BCUT2D eigenvalue weighted by Crippen LogP contribution is -2.48. The van der Waals surface area contributed by atoms with Crippen LogP contribution in [-0.4, -0.2) is 29.5 Å². The van der Waals surface area contributed by atoms with Crippen LogP contribution in [0.5, 0.6) is 0 Å². The van der Waals surface area contributed by atoms with Crippen LogP contribution in [-0.2, 0) is 0 Å². The van der Waals surface area contributed by atoms with Gasteiger partial charge >= 0.3 is 0 Å². The Morgan fingerprint density at radius 1 is 1.44 bits per heavy atom. The zero-order valence-corrected chi connectivity index (χ0v) is 9.05. The monoisotopic (exact) mass is 166 g/mol. The highest BCUT2D eigenvalue weighted by molar-refractivity contribution is 6.23. The molecule has 0 bridgehead atoms. The summed E-state index contributed by atoms with van der Waals surface area (Å²) in [5.41, 5.74) is 0. The second-order valence-corrected chi connectivity index (χ2v) is 3.70. The van der Waals surface area contributed by atoms with E-state index in [1.807, 2.05) is 14.1 Å². The van der Waals surface area contributed by atoms with Gasteiger partial charge in [-0.3, -0.25) is 10.6 Å². The maximum atomic E-state index is 6.01. The average Bonchev–Trinajstić information content (AvgIpc) is 1.89. The van der Waals surface area contributed by atoms with Crippen molar-refractivity contribution >= 4 is 21.8 Å². The van der Waals surface area contributed by atoms with E-state index in [1.165, 1.54) is 16.3 Å². The molecule has 0 amide bonds. The third kappa shape index (κ3) is 3.20. The highest BCUT2D eigenvalue weighted by atomic mass is 35.5. The van der Waals surface area contributed by atoms with Crippen molar-refractivity contribution in [2.75, 3.05) is 14.1 Å². The van der Waals surface area contributed by atoms with E-state index in [0.717, 1.165) is 6.42 Å². The Hall–Kier alpha value is 0.427. The summed E-state index contributed by atoms with van der Waals surface area (Å²) in [7, 11) is 4.94. The second-order valence-electron chi connectivity index (χ2n) is 2.05. The van der Waals surface area contributed by atoms with Crippen LogP contribution in [0.15, 0.2) is 0 Å². The number of hydrogen-bond acceptors (Lipinski definition) is 2. The van der Waals surface area contributed by atoms with Crippen LogP contribution in [0.4, 0.5) is 0 Å². The first kappa shape index (κ1) is 9.43. The van der Waals surface area contributed by atoms with Gasteiger partial charge in [0.2, 0.25) is 0 Å². The van der Waals surface area contributed by atoms with Gasteiger partial charge in [-0.15, -0.1) is 0 Å². The normalized spacial score (nSPS) is 12.3. The smallest absolute Gasteiger partial charge is 0.145 e. The highest BCUT2D eigenvalue weighted by Crippen LogP contribution is 2.11. The summed E-state index contributed by atoms with van der Waals surface area (Å²) in [5.74, 6) is 0. The molecule has 0 aliphatic heterocycles. The van der Waals surface area contributed by atoms with Crippen LogP contribution < -0.4 is 10.6 Å². The molecule has 0 saturated carbocycles. The lowest BCUT2D eigenvalue weighted by Gasteiger charge is -2.24. The fraction of sp³-hybridized carbons (Fsp3) is 1.00. The van der Waals surface area contributed by atoms with Crippen LogP contribution in [0.3, 0.4) is 0 Å². The molecular formula is C5H15ClN2Si. The molecule has 0 atom stereocenters. The van der Waals surface area contributed by atoms with Gasteiger partial charge in [0.1, 0.15) is 5.12 Å². The molecule has 0 spiro atoms. The van der Waals surface area contributed by atoms with Crippen molar-refractivity contribution in [3.05, 3.63) is 0 Å². The quantitative estimate of drug-likeness (QED) is 0.255. The molecule has 9 heavy (non-hydrogen) atoms. The van der Waals surface area contributed by atoms with Crippen LogP contribution >= 0.6 is 11.6 Å². The van der Waals surface area contributed by atoms with Gasteiger partial charge in [0.15, 0.2) is 0 Å². The minimum atomic E-state index is -0.359. The van der Waals surface area contributed by atoms with E-state index in [2.05, 4.69) is 10.6 Å². The van der Waals surface area contributed by atoms with Gasteiger partial charge in [0, 0.05) is 10.2 Å². The van der Waals surface area contributed by atoms with Crippen molar-refractivity contribution in [2.24, 2.45) is 0 Å². The van der Waals surface area contributed by atoms with Crippen LogP contribution in [0.1, 0.15) is 6.42 Å². The molecule has 2 N–H and O–H groups in total. The predicted octanol–water partition coefficient (Wildman–Crippen LogP) is -0.508. The summed E-state index contributed by atoms with van der Waals surface area (Å²) in [6.45, 7) is 0. The maximum Gasteiger partial charge on any atom is 0.145 e. The molecule has 0 unspecified atom stereocenters. The Balaban J connectivity index is 3.62. The van der Waals surface area contributed by atoms with Crippen LogP contribution in [0, 0.1) is 0 Å². The molecule has 56 valence electrons. The summed E-state index contributed by atoms with van der Waals surface area (Å²) < 4.78 is 0. The van der Waals surface area contributed by atoms with Crippen molar-refractivity contribution in [3.63, 3.8) is 0 Å². The zero-order chi connectivity index (χ0) is 7.33. The van der Waals surface area contributed by atoms with E-state index in [9.17, 15) is 0 Å². The largest absolute Gasteiger partial charge is 0.290 e. The Bertz CT molecular complexity index is 75.4. The predicted molar refractivity (Wildman–Crippen MR) is 46.1 cm³/mol. The number of alkyl halides is 1. The lowest BCUT2D eigenvalue weighted by atomic mass is 10.4. The van der Waals surface area contributed by atoms with Crippen molar-refractivity contribution in [1.29, 1.82) is 0 Å². The molecule has 2 nitrogen and oxygen atoms in total. The van der Waals surface area contributed by atoms with E-state index in [4.69, 9.17) is 11.6 Å². The first-order valence-corrected chi connectivity index (χ1v) is 5.04. The molecular weight excluding hydrogens is 152 g/mol. The first-order valence-electron chi connectivity index (χ1n) is 3.25. The summed E-state index contributed by atoms with van der Waals surface area (Å²) in [5, 5.41) is 5.65. The summed E-state index contributed by atoms with van der Waals surface area (Å²) in [6.07, 6.45) is 0.994. The van der Waals surface area contributed by atoms with E-state index in [-0.39, 0.29) is 5.12 Å². The SMILES string of the molecule is CNC(Cl)(CC[SiH3])NC. The molecule has 0 fully saturated rings. The number of halogens is 1. The molecule has 0 rings (SSSR count). The Labute approximate surface area is 64.8 Å². The van der Waals surface area contributed by atoms with Crippen molar-refractivity contribution < 1.29 is 0 Å². The molecule has 0 aromatic heterocycles. The van der Waals surface area contributed by atoms with E-state index in [1.54, 1.807) is 0 Å². The Morgan fingerprint density at radius 3 is 2.00 bits per heavy atom. The minimum absolute atomic E-state index is 0.359. The van der Waals surface area contributed by atoms with Crippen molar-refractivity contribution in [1.82, 2.24) is 10.6 Å². The van der Waals surface area contributed by atoms with Gasteiger partial charge in [-0.1, -0.05) is 17.6 Å². The maximum absolute atomic E-state index is 6.01.